The molecule has 1 aromatic heterocycles. The minimum atomic E-state index is -0.201. The van der Waals surface area contributed by atoms with Crippen LogP contribution in [0.2, 0.25) is 0 Å². The van der Waals surface area contributed by atoms with Gasteiger partial charge in [-0.1, -0.05) is 13.8 Å². The quantitative estimate of drug-likeness (QED) is 0.798. The normalized spacial score (nSPS) is 12.5. The Morgan fingerprint density at radius 3 is 2.71 bits per heavy atom. The molecule has 1 aromatic rings. The van der Waals surface area contributed by atoms with Crippen LogP contribution in [-0.4, -0.2) is 23.7 Å². The third kappa shape index (κ3) is 3.60. The van der Waals surface area contributed by atoms with Gasteiger partial charge in [0.2, 0.25) is 0 Å². The summed E-state index contributed by atoms with van der Waals surface area (Å²) in [4.78, 5) is 11.9. The van der Waals surface area contributed by atoms with Crippen molar-refractivity contribution in [2.24, 2.45) is 0 Å². The number of carbonyl (C=O) groups is 1. The van der Waals surface area contributed by atoms with Gasteiger partial charge in [-0.25, -0.2) is 0 Å². The lowest BCUT2D eigenvalue weighted by atomic mass is 10.1. The molecular weight excluding hydrogens is 218 g/mol. The number of hydrogen-bond donors (Lipinski definition) is 2. The number of aryl methyl sites for hydroxylation is 2. The first-order valence-electron chi connectivity index (χ1n) is 6.13. The van der Waals surface area contributed by atoms with E-state index in [0.717, 1.165) is 24.2 Å². The van der Waals surface area contributed by atoms with E-state index < -0.39 is 0 Å². The number of amides is 1. The molecule has 1 unspecified atom stereocenters. The van der Waals surface area contributed by atoms with Crippen LogP contribution in [0.4, 0.5) is 0 Å². The molecule has 4 heteroatoms. The summed E-state index contributed by atoms with van der Waals surface area (Å²) < 4.78 is 5.47. The largest absolute Gasteiger partial charge is 0.456 e. The van der Waals surface area contributed by atoms with Crippen molar-refractivity contribution < 1.29 is 14.3 Å². The monoisotopic (exact) mass is 239 g/mol. The Morgan fingerprint density at radius 1 is 1.53 bits per heavy atom. The Labute approximate surface area is 102 Å². The van der Waals surface area contributed by atoms with Crippen molar-refractivity contribution in [3.63, 3.8) is 0 Å². The molecule has 2 N–H and O–H groups in total. The number of furan rings is 1. The van der Waals surface area contributed by atoms with Crippen LogP contribution in [0.3, 0.4) is 0 Å². The topological polar surface area (TPSA) is 62.5 Å². The maximum atomic E-state index is 11.9. The van der Waals surface area contributed by atoms with Gasteiger partial charge in [-0.3, -0.25) is 4.79 Å². The Morgan fingerprint density at radius 2 is 2.24 bits per heavy atom. The summed E-state index contributed by atoms with van der Waals surface area (Å²) in [5.41, 5.74) is 1.01. The van der Waals surface area contributed by atoms with Crippen molar-refractivity contribution in [3.8, 4) is 0 Å². The van der Waals surface area contributed by atoms with Gasteiger partial charge in [0.25, 0.3) is 5.91 Å². The molecule has 0 aliphatic carbocycles. The molecule has 1 amide bonds. The third-order valence-electron chi connectivity index (χ3n) is 2.87. The molecule has 0 fully saturated rings. The maximum absolute atomic E-state index is 11.9. The van der Waals surface area contributed by atoms with Crippen molar-refractivity contribution in [1.29, 1.82) is 0 Å². The third-order valence-corrected chi connectivity index (χ3v) is 2.87. The number of hydrogen-bond acceptors (Lipinski definition) is 3. The molecule has 0 bridgehead atoms. The average molecular weight is 239 g/mol. The second kappa shape index (κ2) is 6.45. The summed E-state index contributed by atoms with van der Waals surface area (Å²) >= 11 is 0. The van der Waals surface area contributed by atoms with Crippen LogP contribution >= 0.6 is 0 Å². The van der Waals surface area contributed by atoms with Crippen LogP contribution in [0.1, 0.15) is 48.6 Å². The Bertz CT molecular complexity index is 371. The van der Waals surface area contributed by atoms with Crippen molar-refractivity contribution in [3.05, 3.63) is 23.2 Å². The van der Waals surface area contributed by atoms with E-state index in [1.807, 2.05) is 20.8 Å². The van der Waals surface area contributed by atoms with Crippen LogP contribution < -0.4 is 5.32 Å². The average Bonchev–Trinajstić information content (AvgIpc) is 2.70. The van der Waals surface area contributed by atoms with E-state index in [1.165, 1.54) is 0 Å². The predicted octanol–water partition coefficient (Wildman–Crippen LogP) is 2.04. The molecule has 1 atom stereocenters. The molecule has 96 valence electrons. The standard InChI is InChI=1S/C13H21NO3/c1-4-10(6-7-15)14-13(16)12-8-9(3)11(5-2)17-12/h8,10,15H,4-7H2,1-3H3,(H,14,16). The van der Waals surface area contributed by atoms with Gasteiger partial charge in [0.1, 0.15) is 5.76 Å². The number of rotatable bonds is 6. The first-order valence-corrected chi connectivity index (χ1v) is 6.13. The zero-order valence-electron chi connectivity index (χ0n) is 10.7. The molecule has 17 heavy (non-hydrogen) atoms. The molecule has 0 radical (unpaired) electrons. The lowest BCUT2D eigenvalue weighted by Gasteiger charge is -2.14. The fourth-order valence-electron chi connectivity index (χ4n) is 1.77. The van der Waals surface area contributed by atoms with Crippen molar-refractivity contribution in [2.75, 3.05) is 6.61 Å². The fraction of sp³-hybridized carbons (Fsp3) is 0.615. The summed E-state index contributed by atoms with van der Waals surface area (Å²) in [6.45, 7) is 5.99. The highest BCUT2D eigenvalue weighted by atomic mass is 16.4. The molecule has 0 aromatic carbocycles. The fourth-order valence-corrected chi connectivity index (χ4v) is 1.77. The van der Waals surface area contributed by atoms with E-state index in [9.17, 15) is 4.79 Å². The van der Waals surface area contributed by atoms with Gasteiger partial charge < -0.3 is 14.8 Å². The van der Waals surface area contributed by atoms with E-state index in [0.29, 0.717) is 12.2 Å². The highest BCUT2D eigenvalue weighted by Crippen LogP contribution is 2.15. The van der Waals surface area contributed by atoms with E-state index >= 15 is 0 Å². The van der Waals surface area contributed by atoms with Crippen LogP contribution in [-0.2, 0) is 6.42 Å². The van der Waals surface area contributed by atoms with Gasteiger partial charge in [0.05, 0.1) is 0 Å². The highest BCUT2D eigenvalue weighted by Gasteiger charge is 2.16. The van der Waals surface area contributed by atoms with E-state index in [2.05, 4.69) is 5.32 Å². The van der Waals surface area contributed by atoms with E-state index in [1.54, 1.807) is 6.07 Å². The first kappa shape index (κ1) is 13.8. The maximum Gasteiger partial charge on any atom is 0.287 e. The molecule has 0 spiro atoms. The van der Waals surface area contributed by atoms with Crippen LogP contribution in [0.15, 0.2) is 10.5 Å². The van der Waals surface area contributed by atoms with Gasteiger partial charge in [-0.15, -0.1) is 0 Å². The van der Waals surface area contributed by atoms with E-state index in [-0.39, 0.29) is 18.6 Å². The number of nitrogens with one attached hydrogen (secondary N) is 1. The molecule has 0 saturated carbocycles. The zero-order chi connectivity index (χ0) is 12.8. The first-order chi connectivity index (χ1) is 8.12. The van der Waals surface area contributed by atoms with Gasteiger partial charge in [0.15, 0.2) is 5.76 Å². The lowest BCUT2D eigenvalue weighted by Crippen LogP contribution is -2.34. The van der Waals surface area contributed by atoms with Crippen molar-refractivity contribution in [1.82, 2.24) is 5.32 Å². The molecular formula is C13H21NO3. The molecule has 0 aliphatic heterocycles. The van der Waals surface area contributed by atoms with E-state index in [4.69, 9.17) is 9.52 Å². The number of aliphatic hydroxyl groups excluding tert-OH is 1. The molecule has 1 rings (SSSR count). The van der Waals surface area contributed by atoms with Crippen LogP contribution in [0, 0.1) is 6.92 Å². The minimum absolute atomic E-state index is 0.00276. The van der Waals surface area contributed by atoms with Crippen molar-refractivity contribution in [2.45, 2.75) is 46.1 Å². The van der Waals surface area contributed by atoms with Gasteiger partial charge in [0, 0.05) is 19.1 Å². The molecule has 0 saturated heterocycles. The second-order valence-electron chi connectivity index (χ2n) is 4.16. The SMILES string of the molecule is CCc1oc(C(=O)NC(CC)CCO)cc1C. The highest BCUT2D eigenvalue weighted by molar-refractivity contribution is 5.91. The van der Waals surface area contributed by atoms with Crippen LogP contribution in [0.5, 0.6) is 0 Å². The number of carbonyl (C=O) groups excluding carboxylic acids is 1. The molecule has 4 nitrogen and oxygen atoms in total. The minimum Gasteiger partial charge on any atom is -0.456 e. The summed E-state index contributed by atoms with van der Waals surface area (Å²) in [6.07, 6.45) is 2.15. The van der Waals surface area contributed by atoms with Gasteiger partial charge >= 0.3 is 0 Å². The molecule has 0 aliphatic rings. The molecule has 1 heterocycles. The second-order valence-corrected chi connectivity index (χ2v) is 4.16. The lowest BCUT2D eigenvalue weighted by molar-refractivity contribution is 0.0899. The summed E-state index contributed by atoms with van der Waals surface area (Å²) in [5.74, 6) is 1.01. The smallest absolute Gasteiger partial charge is 0.287 e. The van der Waals surface area contributed by atoms with Gasteiger partial charge in [-0.2, -0.15) is 0 Å². The zero-order valence-corrected chi connectivity index (χ0v) is 10.7. The summed E-state index contributed by atoms with van der Waals surface area (Å²) in [6, 6.07) is 1.77. The predicted molar refractivity (Wildman–Crippen MR) is 66.1 cm³/mol. The van der Waals surface area contributed by atoms with Crippen molar-refractivity contribution >= 4 is 5.91 Å². The Hall–Kier alpha value is -1.29. The Kier molecular flexibility index (Phi) is 5.22. The van der Waals surface area contributed by atoms with Crippen LogP contribution in [0.25, 0.3) is 0 Å². The number of aliphatic hydroxyl groups is 1. The summed E-state index contributed by atoms with van der Waals surface area (Å²) in [5, 5.41) is 11.7. The summed E-state index contributed by atoms with van der Waals surface area (Å²) in [7, 11) is 0. The van der Waals surface area contributed by atoms with Gasteiger partial charge in [-0.05, 0) is 31.4 Å². The Balaban J connectivity index is 2.68.